The molecule has 82 valence electrons. The molecule has 0 atom stereocenters. The van der Waals surface area contributed by atoms with Gasteiger partial charge in [-0.2, -0.15) is 0 Å². The second-order valence-electron chi connectivity index (χ2n) is 3.98. The van der Waals surface area contributed by atoms with Gasteiger partial charge in [-0.1, -0.05) is 0 Å². The zero-order valence-corrected chi connectivity index (χ0v) is 9.03. The summed E-state index contributed by atoms with van der Waals surface area (Å²) in [5.41, 5.74) is 14.6. The average Bonchev–Trinajstić information content (AvgIpc) is 2.17. The minimum atomic E-state index is 0.368. The van der Waals surface area contributed by atoms with Crippen molar-refractivity contribution >= 4 is 5.95 Å². The minimum Gasteiger partial charge on any atom is -0.368 e. The van der Waals surface area contributed by atoms with Gasteiger partial charge in [0.05, 0.1) is 11.4 Å². The normalized spacial score (nSPS) is 16.4. The Balaban J connectivity index is 2.39. The molecule has 0 unspecified atom stereocenters. The molecule has 0 saturated heterocycles. The van der Waals surface area contributed by atoms with Gasteiger partial charge in [-0.3, -0.25) is 0 Å². The van der Waals surface area contributed by atoms with Gasteiger partial charge < -0.3 is 16.4 Å². The summed E-state index contributed by atoms with van der Waals surface area (Å²) in [6.07, 6.45) is 1.79. The molecule has 0 radical (unpaired) electrons. The number of nitrogens with two attached hydrogens (primary N) is 2. The molecule has 15 heavy (non-hydrogen) atoms. The molecule has 1 aliphatic heterocycles. The maximum Gasteiger partial charge on any atom is 0.220 e. The van der Waals surface area contributed by atoms with Gasteiger partial charge >= 0.3 is 0 Å². The molecule has 5 nitrogen and oxygen atoms in total. The smallest absolute Gasteiger partial charge is 0.220 e. The largest absolute Gasteiger partial charge is 0.368 e. The molecular weight excluding hydrogens is 190 g/mol. The van der Waals surface area contributed by atoms with Crippen LogP contribution in [0.4, 0.5) is 5.95 Å². The highest BCUT2D eigenvalue weighted by molar-refractivity contribution is 5.33. The van der Waals surface area contributed by atoms with E-state index in [1.165, 1.54) is 5.56 Å². The van der Waals surface area contributed by atoms with E-state index in [2.05, 4.69) is 21.9 Å². The van der Waals surface area contributed by atoms with Crippen LogP contribution >= 0.6 is 0 Å². The highest BCUT2D eigenvalue weighted by Crippen LogP contribution is 2.19. The third-order valence-corrected chi connectivity index (χ3v) is 2.74. The lowest BCUT2D eigenvalue weighted by molar-refractivity contribution is 0.306. The maximum atomic E-state index is 5.68. The Morgan fingerprint density at radius 2 is 2.20 bits per heavy atom. The molecular formula is C10H17N5. The van der Waals surface area contributed by atoms with Crippen LogP contribution in [0.15, 0.2) is 0 Å². The summed E-state index contributed by atoms with van der Waals surface area (Å²) < 4.78 is 0. The number of anilines is 1. The van der Waals surface area contributed by atoms with E-state index in [9.17, 15) is 0 Å². The predicted molar refractivity (Wildman–Crippen MR) is 59.2 cm³/mol. The summed E-state index contributed by atoms with van der Waals surface area (Å²) in [6, 6.07) is 0. The van der Waals surface area contributed by atoms with Crippen LogP contribution in [0.1, 0.15) is 17.0 Å². The first-order valence-corrected chi connectivity index (χ1v) is 5.23. The summed E-state index contributed by atoms with van der Waals surface area (Å²) >= 11 is 0. The van der Waals surface area contributed by atoms with E-state index in [0.29, 0.717) is 12.5 Å². The molecule has 4 N–H and O–H groups in total. The topological polar surface area (TPSA) is 81.1 Å². The minimum absolute atomic E-state index is 0.368. The Bertz CT molecular complexity index is 346. The van der Waals surface area contributed by atoms with Crippen LogP contribution in [0.2, 0.25) is 0 Å². The summed E-state index contributed by atoms with van der Waals surface area (Å²) in [6.45, 7) is 2.52. The van der Waals surface area contributed by atoms with Crippen molar-refractivity contribution in [1.82, 2.24) is 14.9 Å². The lowest BCUT2D eigenvalue weighted by atomic mass is 10.0. The van der Waals surface area contributed by atoms with Gasteiger partial charge in [0.2, 0.25) is 5.95 Å². The van der Waals surface area contributed by atoms with E-state index in [-0.39, 0.29) is 0 Å². The van der Waals surface area contributed by atoms with E-state index < -0.39 is 0 Å². The Morgan fingerprint density at radius 1 is 1.40 bits per heavy atom. The first-order chi connectivity index (χ1) is 7.20. The van der Waals surface area contributed by atoms with Crippen LogP contribution in [0, 0.1) is 0 Å². The Morgan fingerprint density at radius 3 is 2.93 bits per heavy atom. The van der Waals surface area contributed by atoms with Crippen molar-refractivity contribution in [3.63, 3.8) is 0 Å². The molecule has 2 heterocycles. The number of rotatable bonds is 2. The van der Waals surface area contributed by atoms with Crippen molar-refractivity contribution in [3.05, 3.63) is 17.0 Å². The van der Waals surface area contributed by atoms with Crippen LogP contribution < -0.4 is 11.5 Å². The molecule has 2 rings (SSSR count). The molecule has 0 spiro atoms. The number of likely N-dealkylation sites (N-methyl/N-ethyl adjacent to an activating group) is 1. The van der Waals surface area contributed by atoms with E-state index in [1.54, 1.807) is 0 Å². The molecule has 1 aliphatic rings. The molecule has 0 aromatic carbocycles. The molecule has 1 aromatic rings. The van der Waals surface area contributed by atoms with Crippen molar-refractivity contribution in [2.24, 2.45) is 5.73 Å². The first-order valence-electron chi connectivity index (χ1n) is 5.23. The fourth-order valence-corrected chi connectivity index (χ4v) is 2.00. The van der Waals surface area contributed by atoms with Gasteiger partial charge in [0, 0.05) is 19.5 Å². The fraction of sp³-hybridized carbons (Fsp3) is 0.600. The van der Waals surface area contributed by atoms with Gasteiger partial charge in [0.1, 0.15) is 0 Å². The van der Waals surface area contributed by atoms with Crippen molar-refractivity contribution in [2.75, 3.05) is 25.9 Å². The lowest BCUT2D eigenvalue weighted by Gasteiger charge is -2.25. The lowest BCUT2D eigenvalue weighted by Crippen LogP contribution is -2.29. The quantitative estimate of drug-likeness (QED) is 0.686. The van der Waals surface area contributed by atoms with Crippen molar-refractivity contribution in [3.8, 4) is 0 Å². The number of hydrogen-bond acceptors (Lipinski definition) is 5. The highest BCUT2D eigenvalue weighted by atomic mass is 15.1. The molecule has 0 bridgehead atoms. The molecule has 5 heteroatoms. The van der Waals surface area contributed by atoms with Crippen LogP contribution in [0.3, 0.4) is 0 Å². The highest BCUT2D eigenvalue weighted by Gasteiger charge is 2.19. The zero-order valence-electron chi connectivity index (χ0n) is 9.03. The average molecular weight is 207 g/mol. The second kappa shape index (κ2) is 4.12. The SMILES string of the molecule is CN1CCc2c(CCN)nc(N)nc2C1. The monoisotopic (exact) mass is 207 g/mol. The van der Waals surface area contributed by atoms with E-state index in [0.717, 1.165) is 37.3 Å². The molecule has 0 saturated carbocycles. The first kappa shape index (κ1) is 10.3. The van der Waals surface area contributed by atoms with Crippen molar-refractivity contribution in [1.29, 1.82) is 0 Å². The third-order valence-electron chi connectivity index (χ3n) is 2.74. The number of fused-ring (bicyclic) bond motifs is 1. The van der Waals surface area contributed by atoms with E-state index in [1.807, 2.05) is 0 Å². The Labute approximate surface area is 89.5 Å². The van der Waals surface area contributed by atoms with Crippen LogP contribution in [-0.4, -0.2) is 35.0 Å². The van der Waals surface area contributed by atoms with Crippen LogP contribution in [0.25, 0.3) is 0 Å². The standard InChI is InChI=1S/C10H17N5/c1-15-5-3-7-8(2-4-11)13-10(12)14-9(7)6-15/h2-6,11H2,1H3,(H2,12,13,14). The maximum absolute atomic E-state index is 5.68. The number of hydrogen-bond donors (Lipinski definition) is 2. The third kappa shape index (κ3) is 2.08. The van der Waals surface area contributed by atoms with Crippen molar-refractivity contribution < 1.29 is 0 Å². The molecule has 1 aromatic heterocycles. The van der Waals surface area contributed by atoms with E-state index >= 15 is 0 Å². The van der Waals surface area contributed by atoms with Gasteiger partial charge in [0.25, 0.3) is 0 Å². The second-order valence-corrected chi connectivity index (χ2v) is 3.98. The van der Waals surface area contributed by atoms with Crippen molar-refractivity contribution in [2.45, 2.75) is 19.4 Å². The van der Waals surface area contributed by atoms with Gasteiger partial charge in [-0.15, -0.1) is 0 Å². The number of nitrogens with zero attached hydrogens (tertiary/aromatic N) is 3. The van der Waals surface area contributed by atoms with Gasteiger partial charge in [-0.25, -0.2) is 9.97 Å². The fourth-order valence-electron chi connectivity index (χ4n) is 2.00. The van der Waals surface area contributed by atoms with Crippen LogP contribution in [0.5, 0.6) is 0 Å². The number of nitrogen functional groups attached to an aromatic ring is 1. The van der Waals surface area contributed by atoms with Crippen LogP contribution in [-0.2, 0) is 19.4 Å². The summed E-state index contributed by atoms with van der Waals surface area (Å²) in [7, 11) is 2.09. The predicted octanol–water partition coefficient (Wildman–Crippen LogP) is -0.452. The summed E-state index contributed by atoms with van der Waals surface area (Å²) in [5.74, 6) is 0.368. The number of aromatic nitrogens is 2. The molecule has 0 aliphatic carbocycles. The molecule has 0 amide bonds. The van der Waals surface area contributed by atoms with Gasteiger partial charge in [0.15, 0.2) is 0 Å². The zero-order chi connectivity index (χ0) is 10.8. The molecule has 0 fully saturated rings. The Hall–Kier alpha value is -1.20. The summed E-state index contributed by atoms with van der Waals surface area (Å²) in [4.78, 5) is 10.8. The van der Waals surface area contributed by atoms with Gasteiger partial charge in [-0.05, 0) is 25.6 Å². The van der Waals surface area contributed by atoms with E-state index in [4.69, 9.17) is 11.5 Å². The Kier molecular flexibility index (Phi) is 2.83. The summed E-state index contributed by atoms with van der Waals surface area (Å²) in [5, 5.41) is 0.